The van der Waals surface area contributed by atoms with Gasteiger partial charge >= 0.3 is 11.9 Å². The number of aliphatic hydroxyl groups is 1. The predicted molar refractivity (Wildman–Crippen MR) is 86.8 cm³/mol. The number of aliphatic hydroxyl groups excluding tert-OH is 1. The van der Waals surface area contributed by atoms with Gasteiger partial charge < -0.3 is 37.0 Å². The molecule has 0 radical (unpaired) electrons. The van der Waals surface area contributed by atoms with Crippen molar-refractivity contribution in [2.45, 2.75) is 37.8 Å². The highest BCUT2D eigenvalue weighted by atomic mass is 16.4. The lowest BCUT2D eigenvalue weighted by Gasteiger charge is -2.19. The number of carboxylic acid groups (broad SMARTS) is 2. The number of carbonyl (C=O) groups is 5. The van der Waals surface area contributed by atoms with Crippen molar-refractivity contribution in [3.8, 4) is 0 Å². The third kappa shape index (κ3) is 10.2. The van der Waals surface area contributed by atoms with Gasteiger partial charge in [-0.1, -0.05) is 0 Å². The molecule has 0 fully saturated rings. The van der Waals surface area contributed by atoms with Crippen LogP contribution in [0.3, 0.4) is 0 Å². The molecule has 0 aromatic rings. The van der Waals surface area contributed by atoms with Crippen LogP contribution in [0.4, 0.5) is 0 Å². The van der Waals surface area contributed by atoms with E-state index in [9.17, 15) is 24.0 Å². The molecule has 3 amide bonds. The number of unbranched alkanes of at least 4 members (excludes halogenated alkanes) is 1. The Hall–Kier alpha value is -2.73. The Balaban J connectivity index is 4.62. The molecular weight excluding hydrogens is 352 g/mol. The van der Waals surface area contributed by atoms with Crippen LogP contribution in [0.2, 0.25) is 0 Å². The summed E-state index contributed by atoms with van der Waals surface area (Å²) >= 11 is 0. The van der Waals surface area contributed by atoms with E-state index in [1.54, 1.807) is 0 Å². The van der Waals surface area contributed by atoms with Gasteiger partial charge in [0.15, 0.2) is 0 Å². The van der Waals surface area contributed by atoms with Crippen molar-refractivity contribution in [2.75, 3.05) is 19.7 Å². The van der Waals surface area contributed by atoms with Crippen molar-refractivity contribution < 1.29 is 39.3 Å². The number of nitrogens with one attached hydrogen (secondary N) is 3. The highest BCUT2D eigenvalue weighted by molar-refractivity contribution is 5.94. The summed E-state index contributed by atoms with van der Waals surface area (Å²) in [6.07, 6.45) is 0.557. The molecule has 2 atom stereocenters. The van der Waals surface area contributed by atoms with E-state index < -0.39 is 61.3 Å². The van der Waals surface area contributed by atoms with Gasteiger partial charge in [0.2, 0.25) is 17.7 Å². The van der Waals surface area contributed by atoms with Crippen LogP contribution in [-0.4, -0.2) is 76.8 Å². The van der Waals surface area contributed by atoms with Crippen LogP contribution in [0.5, 0.6) is 0 Å². The number of amides is 3. The van der Waals surface area contributed by atoms with Crippen LogP contribution in [0, 0.1) is 0 Å². The second kappa shape index (κ2) is 12.6. The van der Waals surface area contributed by atoms with Crippen molar-refractivity contribution >= 4 is 29.7 Å². The first-order valence-electron chi connectivity index (χ1n) is 7.83. The van der Waals surface area contributed by atoms with E-state index in [-0.39, 0.29) is 6.42 Å². The molecular formula is C14H24N4O8. The number of rotatable bonds is 13. The third-order valence-electron chi connectivity index (χ3n) is 3.13. The molecule has 8 N–H and O–H groups in total. The molecule has 12 nitrogen and oxygen atoms in total. The summed E-state index contributed by atoms with van der Waals surface area (Å²) < 4.78 is 0. The van der Waals surface area contributed by atoms with E-state index >= 15 is 0 Å². The standard InChI is InChI=1S/C14H24N4O8/c15-4-2-1-3-10(20)16-6-11(21)17-8(5-12(22)23)13(24)18-9(7-19)14(25)26/h8-9,19H,1-7,15H2,(H,16,20)(H,17,21)(H,18,24)(H,22,23)(H,25,26). The molecule has 0 saturated heterocycles. The number of carbonyl (C=O) groups excluding carboxylic acids is 3. The SMILES string of the molecule is NCCCCC(=O)NCC(=O)NC(CC(=O)O)C(=O)NC(CO)C(=O)O. The molecule has 0 aromatic carbocycles. The Kier molecular flexibility index (Phi) is 11.3. The number of nitrogens with two attached hydrogens (primary N) is 1. The minimum absolute atomic E-state index is 0.167. The van der Waals surface area contributed by atoms with E-state index in [1.807, 2.05) is 5.32 Å². The highest BCUT2D eigenvalue weighted by Crippen LogP contribution is 1.96. The van der Waals surface area contributed by atoms with Crippen molar-refractivity contribution in [3.05, 3.63) is 0 Å². The van der Waals surface area contributed by atoms with Crippen LogP contribution in [0.25, 0.3) is 0 Å². The fourth-order valence-corrected chi connectivity index (χ4v) is 1.78. The molecule has 0 aliphatic carbocycles. The first-order valence-corrected chi connectivity index (χ1v) is 7.83. The van der Waals surface area contributed by atoms with Crippen LogP contribution >= 0.6 is 0 Å². The molecule has 12 heteroatoms. The highest BCUT2D eigenvalue weighted by Gasteiger charge is 2.27. The van der Waals surface area contributed by atoms with Crippen molar-refractivity contribution in [2.24, 2.45) is 5.73 Å². The third-order valence-corrected chi connectivity index (χ3v) is 3.13. The first-order chi connectivity index (χ1) is 12.2. The Morgan fingerprint density at radius 1 is 0.923 bits per heavy atom. The number of hydrogen-bond acceptors (Lipinski definition) is 7. The zero-order valence-corrected chi connectivity index (χ0v) is 14.1. The summed E-state index contributed by atoms with van der Waals surface area (Å²) in [6.45, 7) is -0.953. The molecule has 0 heterocycles. The lowest BCUT2D eigenvalue weighted by Crippen LogP contribution is -2.54. The number of carboxylic acids is 2. The largest absolute Gasteiger partial charge is 0.481 e. The lowest BCUT2D eigenvalue weighted by molar-refractivity contribution is -0.144. The van der Waals surface area contributed by atoms with Gasteiger partial charge in [0.05, 0.1) is 19.6 Å². The van der Waals surface area contributed by atoms with Gasteiger partial charge in [0, 0.05) is 6.42 Å². The quantitative estimate of drug-likeness (QED) is 0.161. The maximum Gasteiger partial charge on any atom is 0.328 e. The summed E-state index contributed by atoms with van der Waals surface area (Å²) in [5.41, 5.74) is 5.29. The first kappa shape index (κ1) is 23.3. The van der Waals surface area contributed by atoms with Gasteiger partial charge in [-0.3, -0.25) is 19.2 Å². The lowest BCUT2D eigenvalue weighted by atomic mass is 10.1. The van der Waals surface area contributed by atoms with E-state index in [0.717, 1.165) is 0 Å². The van der Waals surface area contributed by atoms with E-state index in [1.165, 1.54) is 0 Å². The average molecular weight is 376 g/mol. The molecule has 0 aliphatic heterocycles. The van der Waals surface area contributed by atoms with Crippen molar-refractivity contribution in [3.63, 3.8) is 0 Å². The fourth-order valence-electron chi connectivity index (χ4n) is 1.78. The molecule has 0 aliphatic rings. The summed E-state index contributed by atoms with van der Waals surface area (Å²) in [6, 6.07) is -3.21. The Morgan fingerprint density at radius 3 is 2.08 bits per heavy atom. The molecule has 148 valence electrons. The minimum Gasteiger partial charge on any atom is -0.481 e. The Labute approximate surface area is 149 Å². The fraction of sp³-hybridized carbons (Fsp3) is 0.643. The molecule has 0 bridgehead atoms. The molecule has 0 aromatic heterocycles. The predicted octanol–water partition coefficient (Wildman–Crippen LogP) is -3.25. The normalized spacial score (nSPS) is 12.5. The van der Waals surface area contributed by atoms with Gasteiger partial charge in [-0.25, -0.2) is 4.79 Å². The molecule has 26 heavy (non-hydrogen) atoms. The molecule has 0 spiro atoms. The zero-order chi connectivity index (χ0) is 20.1. The smallest absolute Gasteiger partial charge is 0.328 e. The van der Waals surface area contributed by atoms with Crippen LogP contribution in [-0.2, 0) is 24.0 Å². The molecule has 2 unspecified atom stereocenters. The number of hydrogen-bond donors (Lipinski definition) is 7. The van der Waals surface area contributed by atoms with Gasteiger partial charge in [0.25, 0.3) is 0 Å². The summed E-state index contributed by atoms with van der Waals surface area (Å²) in [7, 11) is 0. The van der Waals surface area contributed by atoms with Gasteiger partial charge in [-0.2, -0.15) is 0 Å². The average Bonchev–Trinajstić information content (AvgIpc) is 2.56. The second-order valence-corrected chi connectivity index (χ2v) is 5.32. The van der Waals surface area contributed by atoms with E-state index in [4.69, 9.17) is 21.1 Å². The maximum absolute atomic E-state index is 11.9. The minimum atomic E-state index is -1.64. The monoisotopic (exact) mass is 376 g/mol. The Morgan fingerprint density at radius 2 is 1.58 bits per heavy atom. The van der Waals surface area contributed by atoms with Crippen molar-refractivity contribution in [1.29, 1.82) is 0 Å². The Bertz CT molecular complexity index is 525. The summed E-state index contributed by atoms with van der Waals surface area (Å²) in [4.78, 5) is 56.8. The van der Waals surface area contributed by atoms with Crippen LogP contribution in [0.1, 0.15) is 25.7 Å². The molecule has 0 rings (SSSR count). The second-order valence-electron chi connectivity index (χ2n) is 5.32. The van der Waals surface area contributed by atoms with E-state index in [0.29, 0.717) is 19.4 Å². The summed E-state index contributed by atoms with van der Waals surface area (Å²) in [5.74, 6) is -5.25. The zero-order valence-electron chi connectivity index (χ0n) is 14.1. The van der Waals surface area contributed by atoms with Crippen molar-refractivity contribution in [1.82, 2.24) is 16.0 Å². The summed E-state index contributed by atoms with van der Waals surface area (Å²) in [5, 5.41) is 32.8. The topological polar surface area (TPSA) is 208 Å². The van der Waals surface area contributed by atoms with Gasteiger partial charge in [-0.05, 0) is 19.4 Å². The van der Waals surface area contributed by atoms with Gasteiger partial charge in [-0.15, -0.1) is 0 Å². The maximum atomic E-state index is 11.9. The molecule has 0 saturated carbocycles. The van der Waals surface area contributed by atoms with E-state index in [2.05, 4.69) is 10.6 Å². The van der Waals surface area contributed by atoms with Crippen LogP contribution < -0.4 is 21.7 Å². The van der Waals surface area contributed by atoms with Crippen LogP contribution in [0.15, 0.2) is 0 Å². The number of aliphatic carboxylic acids is 2. The van der Waals surface area contributed by atoms with Gasteiger partial charge in [0.1, 0.15) is 12.1 Å².